The number of esters is 1. The van der Waals surface area contributed by atoms with Gasteiger partial charge in [0.2, 0.25) is 0 Å². The first-order valence-electron chi connectivity index (χ1n) is 5.88. The molecule has 0 unspecified atom stereocenters. The Balaban J connectivity index is 2.60. The van der Waals surface area contributed by atoms with Crippen LogP contribution in [-0.4, -0.2) is 42.9 Å². The molecule has 0 saturated heterocycles. The number of pyridine rings is 1. The molecule has 0 spiro atoms. The molecule has 1 aromatic rings. The highest BCUT2D eigenvalue weighted by Crippen LogP contribution is 2.08. The molecule has 1 atom stereocenters. The predicted octanol–water partition coefficient (Wildman–Crippen LogP) is 0.341. The number of ketones is 1. The molecule has 0 aliphatic carbocycles. The summed E-state index contributed by atoms with van der Waals surface area (Å²) < 4.78 is 9.31. The van der Waals surface area contributed by atoms with E-state index in [1.807, 2.05) is 0 Å². The van der Waals surface area contributed by atoms with Gasteiger partial charge in [0.25, 0.3) is 5.91 Å². The smallest absolute Gasteiger partial charge is 0.313 e. The fraction of sp³-hybridized carbons (Fsp3) is 0.385. The number of nitrogens with one attached hydrogen (secondary N) is 1. The number of amides is 1. The molecule has 7 nitrogen and oxygen atoms in total. The third-order valence-corrected chi connectivity index (χ3v) is 2.58. The Labute approximate surface area is 116 Å². The Morgan fingerprint density at radius 2 is 2.00 bits per heavy atom. The first-order chi connectivity index (χ1) is 9.47. The molecule has 7 heteroatoms. The average Bonchev–Trinajstić information content (AvgIpc) is 2.46. The standard InChI is InChI=1S/C13H16N2O5/c1-8(11(16)6-12(17)20-3)15-13(18)10-5-4-9(19-2)7-14-10/h4-5,7-8H,6H2,1-3H3,(H,15,18)/t8-/m0/s1. The molecule has 1 amide bonds. The van der Waals surface area contributed by atoms with Crippen molar-refractivity contribution in [3.05, 3.63) is 24.0 Å². The highest BCUT2D eigenvalue weighted by molar-refractivity contribution is 6.01. The van der Waals surface area contributed by atoms with Crippen molar-refractivity contribution >= 4 is 17.7 Å². The summed E-state index contributed by atoms with van der Waals surface area (Å²) in [4.78, 5) is 38.3. The Kier molecular flexibility index (Phi) is 5.64. The van der Waals surface area contributed by atoms with Crippen LogP contribution < -0.4 is 10.1 Å². The number of hydrogen-bond acceptors (Lipinski definition) is 6. The Morgan fingerprint density at radius 1 is 1.30 bits per heavy atom. The second-order valence-electron chi connectivity index (χ2n) is 4.00. The van der Waals surface area contributed by atoms with E-state index in [0.29, 0.717) is 5.75 Å². The van der Waals surface area contributed by atoms with Crippen LogP contribution in [0.5, 0.6) is 5.75 Å². The summed E-state index contributed by atoms with van der Waals surface area (Å²) in [6.07, 6.45) is 1.02. The fourth-order valence-electron chi connectivity index (χ4n) is 1.35. The molecule has 1 heterocycles. The van der Waals surface area contributed by atoms with Crippen molar-refractivity contribution < 1.29 is 23.9 Å². The summed E-state index contributed by atoms with van der Waals surface area (Å²) in [5.41, 5.74) is 0.156. The quantitative estimate of drug-likeness (QED) is 0.596. The van der Waals surface area contributed by atoms with Gasteiger partial charge >= 0.3 is 5.97 Å². The van der Waals surface area contributed by atoms with Crippen LogP contribution in [0.25, 0.3) is 0 Å². The lowest BCUT2D eigenvalue weighted by atomic mass is 10.1. The van der Waals surface area contributed by atoms with Crippen LogP contribution in [0.1, 0.15) is 23.8 Å². The van der Waals surface area contributed by atoms with Gasteiger partial charge < -0.3 is 14.8 Å². The van der Waals surface area contributed by atoms with Crippen LogP contribution in [0.3, 0.4) is 0 Å². The number of ether oxygens (including phenoxy) is 2. The molecule has 1 rings (SSSR count). The number of carbonyl (C=O) groups excluding carboxylic acids is 3. The van der Waals surface area contributed by atoms with Crippen molar-refractivity contribution in [3.63, 3.8) is 0 Å². The number of nitrogens with zero attached hydrogens (tertiary/aromatic N) is 1. The number of hydrogen-bond donors (Lipinski definition) is 1. The van der Waals surface area contributed by atoms with Gasteiger partial charge in [-0.15, -0.1) is 0 Å². The Hall–Kier alpha value is -2.44. The zero-order chi connectivity index (χ0) is 15.1. The number of rotatable bonds is 6. The van der Waals surface area contributed by atoms with Crippen LogP contribution in [0, 0.1) is 0 Å². The van der Waals surface area contributed by atoms with Gasteiger partial charge in [0.15, 0.2) is 5.78 Å². The number of Topliss-reactive ketones (excluding diaryl/α,β-unsaturated/α-hetero) is 1. The maximum Gasteiger partial charge on any atom is 0.313 e. The highest BCUT2D eigenvalue weighted by Gasteiger charge is 2.20. The first kappa shape index (κ1) is 15.6. The lowest BCUT2D eigenvalue weighted by molar-refractivity contribution is -0.143. The molecule has 0 aliphatic rings. The number of methoxy groups -OCH3 is 2. The molecule has 0 fully saturated rings. The zero-order valence-corrected chi connectivity index (χ0v) is 11.5. The van der Waals surface area contributed by atoms with Crippen molar-refractivity contribution in [3.8, 4) is 5.75 Å². The minimum absolute atomic E-state index is 0.156. The zero-order valence-electron chi connectivity index (χ0n) is 11.5. The van der Waals surface area contributed by atoms with Crippen LogP contribution in [0.2, 0.25) is 0 Å². The summed E-state index contributed by atoms with van der Waals surface area (Å²) in [7, 11) is 2.68. The van der Waals surface area contributed by atoms with E-state index in [4.69, 9.17) is 4.74 Å². The summed E-state index contributed by atoms with van der Waals surface area (Å²) in [5, 5.41) is 2.46. The lowest BCUT2D eigenvalue weighted by Crippen LogP contribution is -2.39. The van der Waals surface area contributed by atoms with E-state index in [2.05, 4.69) is 15.0 Å². The summed E-state index contributed by atoms with van der Waals surface area (Å²) >= 11 is 0. The third-order valence-electron chi connectivity index (χ3n) is 2.58. The number of carbonyl (C=O) groups is 3. The maximum absolute atomic E-state index is 11.8. The monoisotopic (exact) mass is 280 g/mol. The average molecular weight is 280 g/mol. The molecule has 0 aromatic carbocycles. The Bertz CT molecular complexity index is 498. The van der Waals surface area contributed by atoms with Crippen molar-refractivity contribution in [1.82, 2.24) is 10.3 Å². The van der Waals surface area contributed by atoms with Gasteiger partial charge in [-0.3, -0.25) is 14.4 Å². The Morgan fingerprint density at radius 3 is 2.50 bits per heavy atom. The van der Waals surface area contributed by atoms with Crippen molar-refractivity contribution in [2.45, 2.75) is 19.4 Å². The molecule has 1 N–H and O–H groups in total. The van der Waals surface area contributed by atoms with Gasteiger partial charge in [-0.25, -0.2) is 4.98 Å². The third kappa shape index (κ3) is 4.34. The van der Waals surface area contributed by atoms with E-state index in [0.717, 1.165) is 0 Å². The molecule has 0 saturated carbocycles. The van der Waals surface area contributed by atoms with Crippen LogP contribution in [-0.2, 0) is 14.3 Å². The molecule has 20 heavy (non-hydrogen) atoms. The highest BCUT2D eigenvalue weighted by atomic mass is 16.5. The summed E-state index contributed by atoms with van der Waals surface area (Å²) in [5.74, 6) is -1.05. The minimum Gasteiger partial charge on any atom is -0.495 e. The topological polar surface area (TPSA) is 94.6 Å². The van der Waals surface area contributed by atoms with Gasteiger partial charge in [-0.1, -0.05) is 0 Å². The van der Waals surface area contributed by atoms with Gasteiger partial charge in [-0.05, 0) is 19.1 Å². The molecule has 0 aliphatic heterocycles. The molecule has 0 radical (unpaired) electrons. The molecule has 108 valence electrons. The minimum atomic E-state index is -0.800. The van der Waals surface area contributed by atoms with E-state index in [9.17, 15) is 14.4 Å². The van der Waals surface area contributed by atoms with E-state index < -0.39 is 23.7 Å². The van der Waals surface area contributed by atoms with Gasteiger partial charge in [0.1, 0.15) is 17.9 Å². The SMILES string of the molecule is COC(=O)CC(=O)[C@H](C)NC(=O)c1ccc(OC)cn1. The van der Waals surface area contributed by atoms with Crippen molar-refractivity contribution in [2.24, 2.45) is 0 Å². The van der Waals surface area contributed by atoms with Crippen molar-refractivity contribution in [1.29, 1.82) is 0 Å². The van der Waals surface area contributed by atoms with E-state index in [1.54, 1.807) is 6.07 Å². The summed E-state index contributed by atoms with van der Waals surface area (Å²) in [6.45, 7) is 1.49. The van der Waals surface area contributed by atoms with Crippen LogP contribution in [0.4, 0.5) is 0 Å². The number of aromatic nitrogens is 1. The van der Waals surface area contributed by atoms with Crippen LogP contribution >= 0.6 is 0 Å². The normalized spacial score (nSPS) is 11.3. The van der Waals surface area contributed by atoms with E-state index in [-0.39, 0.29) is 12.1 Å². The van der Waals surface area contributed by atoms with Gasteiger partial charge in [0, 0.05) is 0 Å². The van der Waals surface area contributed by atoms with Crippen molar-refractivity contribution in [2.75, 3.05) is 14.2 Å². The van der Waals surface area contributed by atoms with E-state index >= 15 is 0 Å². The molecule has 1 aromatic heterocycles. The predicted molar refractivity (Wildman–Crippen MR) is 69.4 cm³/mol. The first-order valence-corrected chi connectivity index (χ1v) is 5.88. The lowest BCUT2D eigenvalue weighted by Gasteiger charge is -2.12. The fourth-order valence-corrected chi connectivity index (χ4v) is 1.35. The van der Waals surface area contributed by atoms with E-state index in [1.165, 1.54) is 33.4 Å². The molecular weight excluding hydrogens is 264 g/mol. The van der Waals surface area contributed by atoms with Gasteiger partial charge in [-0.2, -0.15) is 0 Å². The maximum atomic E-state index is 11.8. The largest absolute Gasteiger partial charge is 0.495 e. The second-order valence-corrected chi connectivity index (χ2v) is 4.00. The molecular formula is C13H16N2O5. The second kappa shape index (κ2) is 7.22. The van der Waals surface area contributed by atoms with Crippen LogP contribution in [0.15, 0.2) is 18.3 Å². The van der Waals surface area contributed by atoms with Gasteiger partial charge in [0.05, 0.1) is 26.5 Å². The molecule has 0 bridgehead atoms. The summed E-state index contributed by atoms with van der Waals surface area (Å²) in [6, 6.07) is 2.26.